The Morgan fingerprint density at radius 2 is 2.29 bits per heavy atom. The van der Waals surface area contributed by atoms with E-state index in [2.05, 4.69) is 33.0 Å². The zero-order chi connectivity index (χ0) is 12.4. The highest BCUT2D eigenvalue weighted by atomic mass is 127. The summed E-state index contributed by atoms with van der Waals surface area (Å²) in [6, 6.07) is 5.14. The molecule has 2 rings (SSSR count). The number of nitrogens with zero attached hydrogens (tertiary/aromatic N) is 2. The average molecular weight is 342 g/mol. The van der Waals surface area contributed by atoms with Gasteiger partial charge in [-0.2, -0.15) is 5.10 Å². The quantitative estimate of drug-likeness (QED) is 0.640. The molecule has 17 heavy (non-hydrogen) atoms. The molecule has 5 nitrogen and oxygen atoms in total. The van der Waals surface area contributed by atoms with Crippen LogP contribution in [0.2, 0.25) is 0 Å². The molecule has 88 valence electrons. The lowest BCUT2D eigenvalue weighted by molar-refractivity contribution is 0.0963. The average Bonchev–Trinajstić information content (AvgIpc) is 2.74. The van der Waals surface area contributed by atoms with Crippen LogP contribution in [-0.2, 0) is 0 Å². The molecule has 1 aromatic heterocycles. The second-order valence-corrected chi connectivity index (χ2v) is 4.70. The van der Waals surface area contributed by atoms with Gasteiger partial charge in [-0.25, -0.2) is 4.68 Å². The fourth-order valence-electron chi connectivity index (χ4n) is 1.48. The number of amides is 1. The molecule has 2 aromatic rings. The van der Waals surface area contributed by atoms with E-state index in [1.165, 1.54) is 0 Å². The van der Waals surface area contributed by atoms with Crippen molar-refractivity contribution in [2.24, 2.45) is 0 Å². The number of carbonyl (C=O) groups excluding carboxylic acids is 1. The van der Waals surface area contributed by atoms with Gasteiger partial charge in [-0.3, -0.25) is 4.79 Å². The Balaban J connectivity index is 2.41. The molecule has 0 spiro atoms. The molecule has 0 atom stereocenters. The first-order valence-electron chi connectivity index (χ1n) is 4.94. The van der Waals surface area contributed by atoms with Crippen LogP contribution >= 0.6 is 22.6 Å². The van der Waals surface area contributed by atoms with E-state index in [0.29, 0.717) is 11.3 Å². The normalized spacial score (nSPS) is 10.2. The smallest absolute Gasteiger partial charge is 0.251 e. The second-order valence-electron chi connectivity index (χ2n) is 3.46. The molecular weight excluding hydrogens is 331 g/mol. The highest BCUT2D eigenvalue weighted by Crippen LogP contribution is 2.19. The third-order valence-electron chi connectivity index (χ3n) is 2.31. The van der Waals surface area contributed by atoms with Gasteiger partial charge in [-0.15, -0.1) is 0 Å². The van der Waals surface area contributed by atoms with E-state index >= 15 is 0 Å². The van der Waals surface area contributed by atoms with Crippen LogP contribution in [0.3, 0.4) is 0 Å². The van der Waals surface area contributed by atoms with Gasteiger partial charge in [0.1, 0.15) is 0 Å². The number of nitrogens with two attached hydrogens (primary N) is 1. The Morgan fingerprint density at radius 1 is 1.53 bits per heavy atom. The van der Waals surface area contributed by atoms with Gasteiger partial charge in [0.25, 0.3) is 5.91 Å². The van der Waals surface area contributed by atoms with Gasteiger partial charge >= 0.3 is 0 Å². The summed E-state index contributed by atoms with van der Waals surface area (Å²) in [4.78, 5) is 11.4. The molecule has 0 saturated heterocycles. The molecule has 0 fully saturated rings. The van der Waals surface area contributed by atoms with E-state index in [1.807, 2.05) is 6.20 Å². The minimum Gasteiger partial charge on any atom is -0.397 e. The Labute approximate surface area is 112 Å². The minimum atomic E-state index is -0.154. The standard InChI is InChI=1S/C11H11IN4O/c1-14-11(17)7-2-3-10(9(13)4-7)16-6-8(12)5-15-16/h2-6H,13H2,1H3,(H,14,17). The summed E-state index contributed by atoms with van der Waals surface area (Å²) in [7, 11) is 1.59. The van der Waals surface area contributed by atoms with Crippen molar-refractivity contribution in [2.45, 2.75) is 0 Å². The van der Waals surface area contributed by atoms with E-state index in [-0.39, 0.29) is 5.91 Å². The molecule has 3 N–H and O–H groups in total. The third-order valence-corrected chi connectivity index (χ3v) is 2.87. The number of carbonyl (C=O) groups is 1. The molecule has 0 saturated carbocycles. The number of nitrogen functional groups attached to an aromatic ring is 1. The highest BCUT2D eigenvalue weighted by Gasteiger charge is 2.08. The predicted molar refractivity (Wildman–Crippen MR) is 74.1 cm³/mol. The number of aromatic nitrogens is 2. The Morgan fingerprint density at radius 3 is 2.82 bits per heavy atom. The van der Waals surface area contributed by atoms with Crippen LogP contribution in [0.1, 0.15) is 10.4 Å². The zero-order valence-electron chi connectivity index (χ0n) is 9.14. The Bertz CT molecular complexity index is 564. The van der Waals surface area contributed by atoms with Crippen molar-refractivity contribution in [3.63, 3.8) is 0 Å². The Kier molecular flexibility index (Phi) is 3.32. The number of halogens is 1. The summed E-state index contributed by atoms with van der Waals surface area (Å²) >= 11 is 2.17. The lowest BCUT2D eigenvalue weighted by Crippen LogP contribution is -2.18. The van der Waals surface area contributed by atoms with Crippen molar-refractivity contribution in [3.05, 3.63) is 39.7 Å². The Hall–Kier alpha value is -1.57. The fourth-order valence-corrected chi connectivity index (χ4v) is 1.87. The molecule has 1 amide bonds. The van der Waals surface area contributed by atoms with E-state index in [1.54, 1.807) is 36.1 Å². The molecule has 1 heterocycles. The minimum absolute atomic E-state index is 0.154. The maximum absolute atomic E-state index is 11.4. The molecule has 0 aliphatic rings. The topological polar surface area (TPSA) is 72.9 Å². The second kappa shape index (κ2) is 4.74. The van der Waals surface area contributed by atoms with Gasteiger partial charge in [-0.05, 0) is 40.8 Å². The number of benzene rings is 1. The van der Waals surface area contributed by atoms with Crippen molar-refractivity contribution in [2.75, 3.05) is 12.8 Å². The van der Waals surface area contributed by atoms with E-state index in [4.69, 9.17) is 5.73 Å². The van der Waals surface area contributed by atoms with Crippen LogP contribution in [-0.4, -0.2) is 22.7 Å². The highest BCUT2D eigenvalue weighted by molar-refractivity contribution is 14.1. The molecule has 0 aliphatic carbocycles. The molecule has 0 bridgehead atoms. The van der Waals surface area contributed by atoms with E-state index < -0.39 is 0 Å². The van der Waals surface area contributed by atoms with Crippen molar-refractivity contribution in [3.8, 4) is 5.69 Å². The van der Waals surface area contributed by atoms with Crippen molar-refractivity contribution in [1.82, 2.24) is 15.1 Å². The monoisotopic (exact) mass is 342 g/mol. The molecule has 0 aliphatic heterocycles. The zero-order valence-corrected chi connectivity index (χ0v) is 11.3. The molecule has 0 unspecified atom stereocenters. The number of hydrogen-bond donors (Lipinski definition) is 2. The van der Waals surface area contributed by atoms with Crippen LogP contribution in [0, 0.1) is 3.57 Å². The van der Waals surface area contributed by atoms with Gasteiger partial charge in [0.05, 0.1) is 21.1 Å². The molecule has 0 radical (unpaired) electrons. The van der Waals surface area contributed by atoms with Gasteiger partial charge in [0.15, 0.2) is 0 Å². The number of anilines is 1. The van der Waals surface area contributed by atoms with Crippen LogP contribution in [0.5, 0.6) is 0 Å². The van der Waals surface area contributed by atoms with Gasteiger partial charge in [-0.1, -0.05) is 0 Å². The lowest BCUT2D eigenvalue weighted by atomic mass is 10.1. The van der Waals surface area contributed by atoms with Crippen molar-refractivity contribution in [1.29, 1.82) is 0 Å². The summed E-state index contributed by atoms with van der Waals surface area (Å²) in [6.45, 7) is 0. The first-order valence-corrected chi connectivity index (χ1v) is 6.02. The van der Waals surface area contributed by atoms with Crippen LogP contribution < -0.4 is 11.1 Å². The molecule has 6 heteroatoms. The maximum Gasteiger partial charge on any atom is 0.251 e. The van der Waals surface area contributed by atoms with Gasteiger partial charge < -0.3 is 11.1 Å². The van der Waals surface area contributed by atoms with Crippen LogP contribution in [0.15, 0.2) is 30.6 Å². The van der Waals surface area contributed by atoms with Crippen LogP contribution in [0.4, 0.5) is 5.69 Å². The van der Waals surface area contributed by atoms with E-state index in [9.17, 15) is 4.79 Å². The van der Waals surface area contributed by atoms with Gasteiger partial charge in [0.2, 0.25) is 0 Å². The third kappa shape index (κ3) is 2.41. The number of hydrogen-bond acceptors (Lipinski definition) is 3. The molecular formula is C11H11IN4O. The summed E-state index contributed by atoms with van der Waals surface area (Å²) in [5.74, 6) is -0.154. The van der Waals surface area contributed by atoms with Crippen LogP contribution in [0.25, 0.3) is 5.69 Å². The predicted octanol–water partition coefficient (Wildman–Crippen LogP) is 1.42. The SMILES string of the molecule is CNC(=O)c1ccc(-n2cc(I)cn2)c(N)c1. The largest absolute Gasteiger partial charge is 0.397 e. The summed E-state index contributed by atoms with van der Waals surface area (Å²) in [6.07, 6.45) is 3.61. The lowest BCUT2D eigenvalue weighted by Gasteiger charge is -2.07. The van der Waals surface area contributed by atoms with E-state index in [0.717, 1.165) is 9.26 Å². The fraction of sp³-hybridized carbons (Fsp3) is 0.0909. The first-order chi connectivity index (χ1) is 8.11. The number of nitrogens with one attached hydrogen (secondary N) is 1. The summed E-state index contributed by atoms with van der Waals surface area (Å²) in [5.41, 5.74) is 7.73. The maximum atomic E-state index is 11.4. The van der Waals surface area contributed by atoms with Crippen molar-refractivity contribution >= 4 is 34.2 Å². The van der Waals surface area contributed by atoms with Gasteiger partial charge in [0, 0.05) is 18.8 Å². The molecule has 1 aromatic carbocycles. The summed E-state index contributed by atoms with van der Waals surface area (Å²) in [5, 5.41) is 6.72. The number of rotatable bonds is 2. The first kappa shape index (κ1) is 11.9. The summed E-state index contributed by atoms with van der Waals surface area (Å²) < 4.78 is 2.71. The van der Waals surface area contributed by atoms with Crippen molar-refractivity contribution < 1.29 is 4.79 Å².